The molecule has 27 heavy (non-hydrogen) atoms. The molecular formula is C20H15ClO6. The van der Waals surface area contributed by atoms with Crippen molar-refractivity contribution in [3.63, 3.8) is 0 Å². The minimum atomic E-state index is -0.878. The Morgan fingerprint density at radius 1 is 1.22 bits per heavy atom. The summed E-state index contributed by atoms with van der Waals surface area (Å²) in [4.78, 5) is 24.2. The molecule has 0 spiro atoms. The third kappa shape index (κ3) is 3.48. The molecule has 0 bridgehead atoms. The Hall–Kier alpha value is -2.99. The average Bonchev–Trinajstić information content (AvgIpc) is 2.67. The summed E-state index contributed by atoms with van der Waals surface area (Å²) in [6, 6.07) is 11.7. The van der Waals surface area contributed by atoms with Crippen molar-refractivity contribution in [2.45, 2.75) is 19.6 Å². The number of aryl methyl sites for hydroxylation is 1. The Kier molecular flexibility index (Phi) is 4.49. The van der Waals surface area contributed by atoms with Crippen LogP contribution in [0.2, 0.25) is 5.02 Å². The lowest BCUT2D eigenvalue weighted by molar-refractivity contribution is -0.155. The van der Waals surface area contributed by atoms with Gasteiger partial charge in [-0.1, -0.05) is 23.7 Å². The molecule has 2 heterocycles. The first-order valence-corrected chi connectivity index (χ1v) is 8.67. The molecule has 1 aromatic heterocycles. The number of esters is 1. The maximum atomic E-state index is 12.4. The Balaban J connectivity index is 1.53. The second-order valence-electron chi connectivity index (χ2n) is 6.16. The van der Waals surface area contributed by atoms with E-state index in [9.17, 15) is 9.59 Å². The van der Waals surface area contributed by atoms with Gasteiger partial charge in [0.15, 0.2) is 11.5 Å². The van der Waals surface area contributed by atoms with Crippen LogP contribution in [0.4, 0.5) is 0 Å². The predicted octanol–water partition coefficient (Wildman–Crippen LogP) is 3.64. The van der Waals surface area contributed by atoms with Gasteiger partial charge in [0.05, 0.1) is 0 Å². The zero-order valence-electron chi connectivity index (χ0n) is 14.4. The van der Waals surface area contributed by atoms with Crippen LogP contribution in [0.25, 0.3) is 11.0 Å². The number of rotatable bonds is 3. The van der Waals surface area contributed by atoms with Gasteiger partial charge in [0.2, 0.25) is 6.10 Å². The average molecular weight is 387 g/mol. The highest BCUT2D eigenvalue weighted by atomic mass is 35.5. The van der Waals surface area contributed by atoms with Crippen LogP contribution in [-0.4, -0.2) is 18.7 Å². The molecule has 0 fully saturated rings. The molecule has 0 radical (unpaired) electrons. The second kappa shape index (κ2) is 6.96. The van der Waals surface area contributed by atoms with Crippen LogP contribution in [0.5, 0.6) is 11.5 Å². The zero-order chi connectivity index (χ0) is 19.0. The standard InChI is InChI=1S/C20H15ClO6/c1-11-6-17-13(8-14(11)21)12(7-19(22)27-17)9-25-20(23)18-10-24-15-4-2-3-5-16(15)26-18/h2-8,18H,9-10H2,1H3/t18-/m1/s1. The van der Waals surface area contributed by atoms with E-state index in [0.29, 0.717) is 33.1 Å². The van der Waals surface area contributed by atoms with Gasteiger partial charge in [-0.3, -0.25) is 0 Å². The monoisotopic (exact) mass is 386 g/mol. The first kappa shape index (κ1) is 17.4. The minimum Gasteiger partial charge on any atom is -0.485 e. The van der Waals surface area contributed by atoms with Gasteiger partial charge in [-0.2, -0.15) is 0 Å². The quantitative estimate of drug-likeness (QED) is 0.505. The molecule has 2 aromatic carbocycles. The van der Waals surface area contributed by atoms with E-state index < -0.39 is 17.7 Å². The van der Waals surface area contributed by atoms with Crippen LogP contribution in [0.3, 0.4) is 0 Å². The third-order valence-corrected chi connectivity index (χ3v) is 4.66. The maximum Gasteiger partial charge on any atom is 0.351 e. The van der Waals surface area contributed by atoms with Crippen molar-refractivity contribution < 1.29 is 23.4 Å². The number of carbonyl (C=O) groups is 1. The van der Waals surface area contributed by atoms with E-state index in [-0.39, 0.29) is 13.2 Å². The van der Waals surface area contributed by atoms with Crippen molar-refractivity contribution >= 4 is 28.5 Å². The number of para-hydroxylation sites is 2. The van der Waals surface area contributed by atoms with Crippen LogP contribution in [0, 0.1) is 6.92 Å². The molecule has 138 valence electrons. The van der Waals surface area contributed by atoms with E-state index in [1.807, 2.05) is 13.0 Å². The Morgan fingerprint density at radius 3 is 2.81 bits per heavy atom. The largest absolute Gasteiger partial charge is 0.485 e. The van der Waals surface area contributed by atoms with Gasteiger partial charge in [-0.25, -0.2) is 9.59 Å². The smallest absolute Gasteiger partial charge is 0.351 e. The van der Waals surface area contributed by atoms with E-state index in [1.54, 1.807) is 30.3 Å². The summed E-state index contributed by atoms with van der Waals surface area (Å²) in [5.74, 6) is 0.487. The maximum absolute atomic E-state index is 12.4. The molecule has 0 saturated carbocycles. The molecule has 1 aliphatic heterocycles. The Morgan fingerprint density at radius 2 is 2.00 bits per heavy atom. The topological polar surface area (TPSA) is 75.0 Å². The fraction of sp³-hybridized carbons (Fsp3) is 0.200. The van der Waals surface area contributed by atoms with Gasteiger partial charge in [-0.05, 0) is 36.8 Å². The van der Waals surface area contributed by atoms with Crippen LogP contribution in [-0.2, 0) is 16.1 Å². The van der Waals surface area contributed by atoms with Crippen molar-refractivity contribution in [3.05, 3.63) is 69.0 Å². The van der Waals surface area contributed by atoms with E-state index in [0.717, 1.165) is 5.56 Å². The van der Waals surface area contributed by atoms with E-state index in [4.69, 9.17) is 30.2 Å². The molecule has 0 aliphatic carbocycles. The number of hydrogen-bond acceptors (Lipinski definition) is 6. The summed E-state index contributed by atoms with van der Waals surface area (Å²) in [5, 5.41) is 1.15. The van der Waals surface area contributed by atoms with Crippen LogP contribution < -0.4 is 15.1 Å². The summed E-state index contributed by atoms with van der Waals surface area (Å²) in [6.07, 6.45) is -0.878. The summed E-state index contributed by atoms with van der Waals surface area (Å²) < 4.78 is 21.7. The van der Waals surface area contributed by atoms with Crippen LogP contribution >= 0.6 is 11.6 Å². The Labute approximate surface area is 159 Å². The predicted molar refractivity (Wildman–Crippen MR) is 98.4 cm³/mol. The fourth-order valence-corrected chi connectivity index (χ4v) is 3.01. The molecule has 0 saturated heterocycles. The lowest BCUT2D eigenvalue weighted by atomic mass is 10.1. The molecule has 0 unspecified atom stereocenters. The van der Waals surface area contributed by atoms with Gasteiger partial charge in [0.25, 0.3) is 0 Å². The molecule has 1 aliphatic rings. The van der Waals surface area contributed by atoms with Gasteiger partial charge < -0.3 is 18.6 Å². The molecule has 4 rings (SSSR count). The summed E-state index contributed by atoms with van der Waals surface area (Å²) in [5.41, 5.74) is 1.16. The highest BCUT2D eigenvalue weighted by molar-refractivity contribution is 6.32. The third-order valence-electron chi connectivity index (χ3n) is 4.25. The van der Waals surface area contributed by atoms with Gasteiger partial charge in [0.1, 0.15) is 18.8 Å². The fourth-order valence-electron chi connectivity index (χ4n) is 2.85. The molecule has 0 amide bonds. The highest BCUT2D eigenvalue weighted by Crippen LogP contribution is 2.31. The molecule has 1 atom stereocenters. The number of ether oxygens (including phenoxy) is 3. The molecule has 7 heteroatoms. The van der Waals surface area contributed by atoms with Gasteiger partial charge in [-0.15, -0.1) is 0 Å². The number of hydrogen-bond donors (Lipinski definition) is 0. The lowest BCUT2D eigenvalue weighted by Gasteiger charge is -2.25. The normalized spacial score (nSPS) is 15.6. The first-order chi connectivity index (χ1) is 13.0. The summed E-state index contributed by atoms with van der Waals surface area (Å²) in [6.45, 7) is 1.76. The van der Waals surface area contributed by atoms with E-state index >= 15 is 0 Å². The van der Waals surface area contributed by atoms with Crippen LogP contribution in [0.15, 0.2) is 51.7 Å². The van der Waals surface area contributed by atoms with Crippen LogP contribution in [0.1, 0.15) is 11.1 Å². The minimum absolute atomic E-state index is 0.0541. The summed E-state index contributed by atoms with van der Waals surface area (Å²) in [7, 11) is 0. The highest BCUT2D eigenvalue weighted by Gasteiger charge is 2.28. The lowest BCUT2D eigenvalue weighted by Crippen LogP contribution is -2.37. The van der Waals surface area contributed by atoms with Gasteiger partial charge in [0, 0.05) is 22.0 Å². The molecular weight excluding hydrogens is 372 g/mol. The van der Waals surface area contributed by atoms with E-state index in [1.165, 1.54) is 6.07 Å². The second-order valence-corrected chi connectivity index (χ2v) is 6.57. The SMILES string of the molecule is Cc1cc2oc(=O)cc(COC(=O)[C@H]3COc4ccccc4O3)c2cc1Cl. The number of benzene rings is 2. The summed E-state index contributed by atoms with van der Waals surface area (Å²) >= 11 is 6.17. The molecule has 6 nitrogen and oxygen atoms in total. The van der Waals surface area contributed by atoms with Gasteiger partial charge >= 0.3 is 11.6 Å². The Bertz CT molecular complexity index is 1090. The van der Waals surface area contributed by atoms with Crippen molar-refractivity contribution in [1.82, 2.24) is 0 Å². The first-order valence-electron chi connectivity index (χ1n) is 8.29. The molecule has 0 N–H and O–H groups in total. The van der Waals surface area contributed by atoms with Crippen molar-refractivity contribution in [3.8, 4) is 11.5 Å². The zero-order valence-corrected chi connectivity index (χ0v) is 15.1. The molecule has 3 aromatic rings. The van der Waals surface area contributed by atoms with Crippen molar-refractivity contribution in [1.29, 1.82) is 0 Å². The number of fused-ring (bicyclic) bond motifs is 2. The van der Waals surface area contributed by atoms with Crippen molar-refractivity contribution in [2.24, 2.45) is 0 Å². The van der Waals surface area contributed by atoms with Crippen molar-refractivity contribution in [2.75, 3.05) is 6.61 Å². The number of carbonyl (C=O) groups excluding carboxylic acids is 1. The number of halogens is 1. The van der Waals surface area contributed by atoms with E-state index in [2.05, 4.69) is 0 Å².